The van der Waals surface area contributed by atoms with E-state index in [1.165, 1.54) is 6.07 Å². The van der Waals surface area contributed by atoms with Crippen LogP contribution in [0.4, 0.5) is 5.69 Å². The smallest absolute Gasteiger partial charge is 0.276 e. The lowest BCUT2D eigenvalue weighted by Crippen LogP contribution is -2.26. The number of fused-ring (bicyclic) bond motifs is 1. The SMILES string of the molecule is C=CCc1c([N+](=O)[O-])ccc2c1O[C@H](C)CO2. The molecule has 1 aliphatic heterocycles. The van der Waals surface area contributed by atoms with Gasteiger partial charge in [0, 0.05) is 12.5 Å². The first-order valence-corrected chi connectivity index (χ1v) is 5.34. The number of hydrogen-bond acceptors (Lipinski definition) is 4. The van der Waals surface area contributed by atoms with E-state index in [1.807, 2.05) is 6.92 Å². The normalized spacial score (nSPS) is 17.6. The third kappa shape index (κ3) is 2.08. The van der Waals surface area contributed by atoms with Gasteiger partial charge < -0.3 is 9.47 Å². The van der Waals surface area contributed by atoms with Gasteiger partial charge in [0.05, 0.1) is 10.5 Å². The van der Waals surface area contributed by atoms with Gasteiger partial charge in [0.2, 0.25) is 0 Å². The highest BCUT2D eigenvalue weighted by Gasteiger charge is 2.26. The molecule has 0 bridgehead atoms. The van der Waals surface area contributed by atoms with Crippen molar-refractivity contribution in [2.24, 2.45) is 0 Å². The fraction of sp³-hybridized carbons (Fsp3) is 0.333. The molecule has 90 valence electrons. The van der Waals surface area contributed by atoms with E-state index in [9.17, 15) is 10.1 Å². The lowest BCUT2D eigenvalue weighted by Gasteiger charge is -2.25. The van der Waals surface area contributed by atoms with Gasteiger partial charge in [-0.1, -0.05) is 6.08 Å². The summed E-state index contributed by atoms with van der Waals surface area (Å²) in [4.78, 5) is 10.5. The van der Waals surface area contributed by atoms with Crippen molar-refractivity contribution in [2.45, 2.75) is 19.4 Å². The van der Waals surface area contributed by atoms with Crippen molar-refractivity contribution in [3.05, 3.63) is 40.5 Å². The highest BCUT2D eigenvalue weighted by atomic mass is 16.6. The maximum atomic E-state index is 10.9. The molecule has 0 N–H and O–H groups in total. The van der Waals surface area contributed by atoms with E-state index in [0.717, 1.165) is 0 Å². The summed E-state index contributed by atoms with van der Waals surface area (Å²) >= 11 is 0. The Balaban J connectivity index is 2.55. The standard InChI is InChI=1S/C12H13NO4/c1-3-4-9-10(13(14)15)5-6-11-12(9)17-8(2)7-16-11/h3,5-6,8H,1,4,7H2,2H3/t8-/m1/s1. The number of rotatable bonds is 3. The van der Waals surface area contributed by atoms with Gasteiger partial charge in [-0.25, -0.2) is 0 Å². The Labute approximate surface area is 98.8 Å². The molecular weight excluding hydrogens is 222 g/mol. The number of allylic oxidation sites excluding steroid dienone is 1. The van der Waals surface area contributed by atoms with Crippen molar-refractivity contribution < 1.29 is 14.4 Å². The molecule has 0 saturated heterocycles. The fourth-order valence-corrected chi connectivity index (χ4v) is 1.79. The van der Waals surface area contributed by atoms with E-state index >= 15 is 0 Å². The molecule has 2 rings (SSSR count). The van der Waals surface area contributed by atoms with E-state index in [2.05, 4.69) is 6.58 Å². The summed E-state index contributed by atoms with van der Waals surface area (Å²) < 4.78 is 11.1. The number of ether oxygens (including phenoxy) is 2. The van der Waals surface area contributed by atoms with E-state index in [4.69, 9.17) is 9.47 Å². The van der Waals surface area contributed by atoms with E-state index in [0.29, 0.717) is 30.1 Å². The Bertz CT molecular complexity index is 470. The maximum absolute atomic E-state index is 10.9. The molecule has 1 aromatic rings. The zero-order chi connectivity index (χ0) is 12.4. The van der Waals surface area contributed by atoms with Crippen molar-refractivity contribution in [3.8, 4) is 11.5 Å². The van der Waals surface area contributed by atoms with Crippen molar-refractivity contribution in [1.82, 2.24) is 0 Å². The van der Waals surface area contributed by atoms with Crippen LogP contribution in [0.15, 0.2) is 24.8 Å². The molecule has 1 atom stereocenters. The molecule has 0 aromatic heterocycles. The number of hydrogen-bond donors (Lipinski definition) is 0. The first-order valence-electron chi connectivity index (χ1n) is 5.34. The van der Waals surface area contributed by atoms with Gasteiger partial charge in [-0.15, -0.1) is 6.58 Å². The quantitative estimate of drug-likeness (QED) is 0.458. The molecule has 0 spiro atoms. The van der Waals surface area contributed by atoms with Crippen LogP contribution in [-0.4, -0.2) is 17.6 Å². The third-order valence-electron chi connectivity index (χ3n) is 2.54. The van der Waals surface area contributed by atoms with Crippen LogP contribution in [-0.2, 0) is 6.42 Å². The van der Waals surface area contributed by atoms with E-state index in [-0.39, 0.29) is 11.8 Å². The minimum atomic E-state index is -0.415. The fourth-order valence-electron chi connectivity index (χ4n) is 1.79. The lowest BCUT2D eigenvalue weighted by atomic mass is 10.1. The Morgan fingerprint density at radius 3 is 3.06 bits per heavy atom. The minimum absolute atomic E-state index is 0.0429. The Hall–Kier alpha value is -2.04. The average Bonchev–Trinajstić information content (AvgIpc) is 2.29. The van der Waals surface area contributed by atoms with Gasteiger partial charge in [-0.3, -0.25) is 10.1 Å². The van der Waals surface area contributed by atoms with Crippen molar-refractivity contribution in [1.29, 1.82) is 0 Å². The summed E-state index contributed by atoms with van der Waals surface area (Å²) in [6.07, 6.45) is 1.90. The van der Waals surface area contributed by atoms with Gasteiger partial charge in [0.1, 0.15) is 12.7 Å². The number of benzene rings is 1. The largest absolute Gasteiger partial charge is 0.486 e. The topological polar surface area (TPSA) is 61.6 Å². The van der Waals surface area contributed by atoms with Gasteiger partial charge >= 0.3 is 0 Å². The first kappa shape index (κ1) is 11.4. The highest BCUT2D eigenvalue weighted by Crippen LogP contribution is 2.40. The highest BCUT2D eigenvalue weighted by molar-refractivity contribution is 5.58. The predicted molar refractivity (Wildman–Crippen MR) is 62.6 cm³/mol. The second kappa shape index (κ2) is 4.45. The molecule has 1 aliphatic rings. The summed E-state index contributed by atoms with van der Waals surface area (Å²) in [7, 11) is 0. The second-order valence-corrected chi connectivity index (χ2v) is 3.88. The first-order chi connectivity index (χ1) is 8.13. The lowest BCUT2D eigenvalue weighted by molar-refractivity contribution is -0.385. The summed E-state index contributed by atoms with van der Waals surface area (Å²) in [6, 6.07) is 3.02. The molecular formula is C12H13NO4. The number of nitro groups is 1. The summed E-state index contributed by atoms with van der Waals surface area (Å²) in [5, 5.41) is 10.9. The summed E-state index contributed by atoms with van der Waals surface area (Å²) in [6.45, 7) is 5.92. The number of nitro benzene ring substituents is 1. The zero-order valence-electron chi connectivity index (χ0n) is 9.51. The Kier molecular flexibility index (Phi) is 2.99. The molecule has 0 saturated carbocycles. The summed E-state index contributed by atoms with van der Waals surface area (Å²) in [5.74, 6) is 1.03. The van der Waals surface area contributed by atoms with Crippen LogP contribution < -0.4 is 9.47 Å². The van der Waals surface area contributed by atoms with Crippen molar-refractivity contribution in [3.63, 3.8) is 0 Å². The predicted octanol–water partition coefficient (Wildman–Crippen LogP) is 2.48. The Morgan fingerprint density at radius 2 is 2.41 bits per heavy atom. The average molecular weight is 235 g/mol. The molecule has 0 unspecified atom stereocenters. The van der Waals surface area contributed by atoms with E-state index < -0.39 is 4.92 Å². The third-order valence-corrected chi connectivity index (χ3v) is 2.54. The van der Waals surface area contributed by atoms with Gasteiger partial charge in [0.15, 0.2) is 11.5 Å². The minimum Gasteiger partial charge on any atom is -0.486 e. The monoisotopic (exact) mass is 235 g/mol. The molecule has 0 aliphatic carbocycles. The molecule has 5 nitrogen and oxygen atoms in total. The van der Waals surface area contributed by atoms with Gasteiger partial charge in [0.25, 0.3) is 5.69 Å². The molecule has 17 heavy (non-hydrogen) atoms. The van der Waals surface area contributed by atoms with Crippen LogP contribution in [0.25, 0.3) is 0 Å². The summed E-state index contributed by atoms with van der Waals surface area (Å²) in [5.41, 5.74) is 0.565. The second-order valence-electron chi connectivity index (χ2n) is 3.88. The van der Waals surface area contributed by atoms with Gasteiger partial charge in [-0.2, -0.15) is 0 Å². The van der Waals surface area contributed by atoms with Gasteiger partial charge in [-0.05, 0) is 13.0 Å². The van der Waals surface area contributed by atoms with Crippen molar-refractivity contribution in [2.75, 3.05) is 6.61 Å². The van der Waals surface area contributed by atoms with Crippen LogP contribution in [0.5, 0.6) is 11.5 Å². The van der Waals surface area contributed by atoms with Crippen LogP contribution in [0.1, 0.15) is 12.5 Å². The van der Waals surface area contributed by atoms with Crippen LogP contribution in [0.3, 0.4) is 0 Å². The molecule has 1 aromatic carbocycles. The van der Waals surface area contributed by atoms with Crippen LogP contribution >= 0.6 is 0 Å². The van der Waals surface area contributed by atoms with Crippen LogP contribution in [0.2, 0.25) is 0 Å². The number of nitrogens with zero attached hydrogens (tertiary/aromatic N) is 1. The zero-order valence-corrected chi connectivity index (χ0v) is 9.51. The Morgan fingerprint density at radius 1 is 1.65 bits per heavy atom. The molecule has 0 radical (unpaired) electrons. The molecule has 5 heteroatoms. The molecule has 1 heterocycles. The maximum Gasteiger partial charge on any atom is 0.276 e. The van der Waals surface area contributed by atoms with Crippen LogP contribution in [0, 0.1) is 10.1 Å². The molecule has 0 amide bonds. The molecule has 0 fully saturated rings. The van der Waals surface area contributed by atoms with Crippen molar-refractivity contribution >= 4 is 5.69 Å². The van der Waals surface area contributed by atoms with E-state index in [1.54, 1.807) is 12.1 Å².